The van der Waals surface area contributed by atoms with Gasteiger partial charge in [-0.25, -0.2) is 4.79 Å². The molecule has 0 bridgehead atoms. The lowest BCUT2D eigenvalue weighted by Crippen LogP contribution is -2.48. The number of nitrogens with zero attached hydrogens (tertiary/aromatic N) is 1. The van der Waals surface area contributed by atoms with Crippen molar-refractivity contribution < 1.29 is 9.53 Å². The Morgan fingerprint density at radius 1 is 1.47 bits per heavy atom. The van der Waals surface area contributed by atoms with Gasteiger partial charge in [0, 0.05) is 19.6 Å². The standard InChI is InChI=1S/C12H23N3O2/c1-10-8-13-3-2-11(10)9-14-12(16)15-4-6-17-7-5-15/h10-11,13H,2-9H2,1H3,(H,14,16). The summed E-state index contributed by atoms with van der Waals surface area (Å²) in [7, 11) is 0. The molecule has 0 saturated carbocycles. The highest BCUT2D eigenvalue weighted by atomic mass is 16.5. The molecule has 0 spiro atoms. The molecule has 2 fully saturated rings. The van der Waals surface area contributed by atoms with Gasteiger partial charge in [0.2, 0.25) is 0 Å². The summed E-state index contributed by atoms with van der Waals surface area (Å²) < 4.78 is 5.23. The highest BCUT2D eigenvalue weighted by molar-refractivity contribution is 5.74. The molecule has 5 nitrogen and oxygen atoms in total. The van der Waals surface area contributed by atoms with Gasteiger partial charge >= 0.3 is 6.03 Å². The molecule has 17 heavy (non-hydrogen) atoms. The number of urea groups is 1. The number of carbonyl (C=O) groups is 1. The van der Waals surface area contributed by atoms with Crippen molar-refractivity contribution in [1.29, 1.82) is 0 Å². The molecule has 98 valence electrons. The maximum atomic E-state index is 11.9. The second-order valence-corrected chi connectivity index (χ2v) is 5.02. The maximum absolute atomic E-state index is 11.9. The molecule has 2 saturated heterocycles. The zero-order valence-corrected chi connectivity index (χ0v) is 10.6. The van der Waals surface area contributed by atoms with Crippen LogP contribution in [0.2, 0.25) is 0 Å². The average Bonchev–Trinajstić information content (AvgIpc) is 2.38. The van der Waals surface area contributed by atoms with Crippen molar-refractivity contribution in [3.05, 3.63) is 0 Å². The molecule has 0 aromatic heterocycles. The molecule has 2 N–H and O–H groups in total. The molecule has 0 aliphatic carbocycles. The van der Waals surface area contributed by atoms with Crippen LogP contribution in [0, 0.1) is 11.8 Å². The average molecular weight is 241 g/mol. The molecule has 2 atom stereocenters. The van der Waals surface area contributed by atoms with Crippen molar-refractivity contribution >= 4 is 6.03 Å². The van der Waals surface area contributed by atoms with Gasteiger partial charge in [-0.1, -0.05) is 6.92 Å². The van der Waals surface area contributed by atoms with E-state index in [0.29, 0.717) is 38.1 Å². The summed E-state index contributed by atoms with van der Waals surface area (Å²) >= 11 is 0. The summed E-state index contributed by atoms with van der Waals surface area (Å²) in [6.45, 7) is 7.95. The molecular weight excluding hydrogens is 218 g/mol. The molecule has 5 heteroatoms. The quantitative estimate of drug-likeness (QED) is 0.730. The first kappa shape index (κ1) is 12.6. The van der Waals surface area contributed by atoms with Crippen molar-refractivity contribution in [2.45, 2.75) is 13.3 Å². The number of ether oxygens (including phenoxy) is 1. The Hall–Kier alpha value is -0.810. The highest BCUT2D eigenvalue weighted by Crippen LogP contribution is 2.17. The molecular formula is C12H23N3O2. The van der Waals surface area contributed by atoms with E-state index in [1.807, 2.05) is 4.90 Å². The van der Waals surface area contributed by atoms with Crippen LogP contribution in [0.5, 0.6) is 0 Å². The van der Waals surface area contributed by atoms with Crippen LogP contribution in [-0.2, 0) is 4.74 Å². The summed E-state index contributed by atoms with van der Waals surface area (Å²) in [5.74, 6) is 1.26. The van der Waals surface area contributed by atoms with Gasteiger partial charge in [-0.05, 0) is 31.3 Å². The van der Waals surface area contributed by atoms with Crippen LogP contribution >= 0.6 is 0 Å². The number of piperidine rings is 1. The number of amides is 2. The zero-order chi connectivity index (χ0) is 12.1. The minimum Gasteiger partial charge on any atom is -0.378 e. The molecule has 0 aromatic carbocycles. The van der Waals surface area contributed by atoms with Crippen molar-refractivity contribution in [2.75, 3.05) is 45.9 Å². The third-order valence-electron chi connectivity index (χ3n) is 3.78. The lowest BCUT2D eigenvalue weighted by Gasteiger charge is -2.31. The molecule has 0 radical (unpaired) electrons. The third kappa shape index (κ3) is 3.57. The topological polar surface area (TPSA) is 53.6 Å². The summed E-state index contributed by atoms with van der Waals surface area (Å²) in [5.41, 5.74) is 0. The van der Waals surface area contributed by atoms with Gasteiger partial charge < -0.3 is 20.3 Å². The largest absolute Gasteiger partial charge is 0.378 e. The monoisotopic (exact) mass is 241 g/mol. The zero-order valence-electron chi connectivity index (χ0n) is 10.6. The van der Waals surface area contributed by atoms with E-state index in [0.717, 1.165) is 26.1 Å². The van der Waals surface area contributed by atoms with Crippen LogP contribution < -0.4 is 10.6 Å². The number of hydrogen-bond acceptors (Lipinski definition) is 3. The molecule has 2 unspecified atom stereocenters. The van der Waals surface area contributed by atoms with Gasteiger partial charge in [0.1, 0.15) is 0 Å². The lowest BCUT2D eigenvalue weighted by molar-refractivity contribution is 0.0527. The molecule has 2 rings (SSSR count). The second kappa shape index (κ2) is 6.21. The minimum absolute atomic E-state index is 0.0685. The van der Waals surface area contributed by atoms with Crippen molar-refractivity contribution in [2.24, 2.45) is 11.8 Å². The van der Waals surface area contributed by atoms with Gasteiger partial charge in [0.05, 0.1) is 13.2 Å². The van der Waals surface area contributed by atoms with E-state index < -0.39 is 0 Å². The van der Waals surface area contributed by atoms with E-state index in [9.17, 15) is 4.79 Å². The first-order valence-electron chi connectivity index (χ1n) is 6.58. The van der Waals surface area contributed by atoms with Crippen LogP contribution in [0.25, 0.3) is 0 Å². The fourth-order valence-electron chi connectivity index (χ4n) is 2.47. The van der Waals surface area contributed by atoms with E-state index in [-0.39, 0.29) is 6.03 Å². The van der Waals surface area contributed by atoms with Crippen LogP contribution in [0.3, 0.4) is 0 Å². The minimum atomic E-state index is 0.0685. The van der Waals surface area contributed by atoms with Gasteiger partial charge in [-0.15, -0.1) is 0 Å². The predicted octanol–water partition coefficient (Wildman–Crippen LogP) is 0.274. The van der Waals surface area contributed by atoms with Gasteiger partial charge in [0.25, 0.3) is 0 Å². The van der Waals surface area contributed by atoms with E-state index in [4.69, 9.17) is 4.74 Å². The predicted molar refractivity (Wildman–Crippen MR) is 65.9 cm³/mol. The number of carbonyl (C=O) groups excluding carboxylic acids is 1. The van der Waals surface area contributed by atoms with E-state index in [2.05, 4.69) is 17.6 Å². The van der Waals surface area contributed by atoms with Crippen LogP contribution in [0.4, 0.5) is 4.79 Å². The molecule has 2 heterocycles. The fourth-order valence-corrected chi connectivity index (χ4v) is 2.47. The second-order valence-electron chi connectivity index (χ2n) is 5.02. The van der Waals surface area contributed by atoms with E-state index >= 15 is 0 Å². The SMILES string of the molecule is CC1CNCCC1CNC(=O)N1CCOCC1. The Morgan fingerprint density at radius 2 is 2.24 bits per heavy atom. The summed E-state index contributed by atoms with van der Waals surface area (Å²) in [6.07, 6.45) is 1.16. The van der Waals surface area contributed by atoms with Crippen LogP contribution in [0.1, 0.15) is 13.3 Å². The first-order chi connectivity index (χ1) is 8.27. The smallest absolute Gasteiger partial charge is 0.317 e. The van der Waals surface area contributed by atoms with Crippen molar-refractivity contribution in [1.82, 2.24) is 15.5 Å². The van der Waals surface area contributed by atoms with E-state index in [1.54, 1.807) is 0 Å². The Labute approximate surface area is 103 Å². The van der Waals surface area contributed by atoms with Gasteiger partial charge in [0.15, 0.2) is 0 Å². The van der Waals surface area contributed by atoms with E-state index in [1.165, 1.54) is 0 Å². The number of nitrogens with one attached hydrogen (secondary N) is 2. The summed E-state index contributed by atoms with van der Waals surface area (Å²) in [4.78, 5) is 13.7. The molecule has 2 aliphatic heterocycles. The number of rotatable bonds is 2. The van der Waals surface area contributed by atoms with Crippen molar-refractivity contribution in [3.63, 3.8) is 0 Å². The normalized spacial score (nSPS) is 30.1. The molecule has 0 aromatic rings. The maximum Gasteiger partial charge on any atom is 0.317 e. The van der Waals surface area contributed by atoms with Gasteiger partial charge in [-0.2, -0.15) is 0 Å². The fraction of sp³-hybridized carbons (Fsp3) is 0.917. The van der Waals surface area contributed by atoms with Crippen LogP contribution in [0.15, 0.2) is 0 Å². The highest BCUT2D eigenvalue weighted by Gasteiger charge is 2.23. The van der Waals surface area contributed by atoms with Crippen LogP contribution in [-0.4, -0.2) is 56.9 Å². The van der Waals surface area contributed by atoms with Crippen molar-refractivity contribution in [3.8, 4) is 0 Å². The third-order valence-corrected chi connectivity index (χ3v) is 3.78. The Bertz CT molecular complexity index is 254. The number of hydrogen-bond donors (Lipinski definition) is 2. The lowest BCUT2D eigenvalue weighted by atomic mass is 9.88. The molecule has 2 aliphatic rings. The molecule has 2 amide bonds. The first-order valence-corrected chi connectivity index (χ1v) is 6.58. The summed E-state index contributed by atoms with van der Waals surface area (Å²) in [6, 6.07) is 0.0685. The van der Waals surface area contributed by atoms with Gasteiger partial charge in [-0.3, -0.25) is 0 Å². The Balaban J connectivity index is 1.71. The Morgan fingerprint density at radius 3 is 2.94 bits per heavy atom. The summed E-state index contributed by atoms with van der Waals surface area (Å²) in [5, 5.41) is 6.43. The Kier molecular flexibility index (Phi) is 4.62. The number of morpholine rings is 1.